The first-order chi connectivity index (χ1) is 10.1. The molecular formula is C13H14N6O2. The molecule has 0 bridgehead atoms. The normalized spacial score (nSPS) is 17.6. The molecule has 2 amide bonds. The summed E-state index contributed by atoms with van der Waals surface area (Å²) in [7, 11) is 1.75. The number of hydrogen-bond acceptors (Lipinski definition) is 5. The Hall–Kier alpha value is -2.77. The highest BCUT2D eigenvalue weighted by molar-refractivity contribution is 5.97. The molecule has 1 atom stereocenters. The summed E-state index contributed by atoms with van der Waals surface area (Å²) >= 11 is 0. The number of anilines is 1. The highest BCUT2D eigenvalue weighted by atomic mass is 16.2. The van der Waals surface area contributed by atoms with Gasteiger partial charge >= 0.3 is 0 Å². The van der Waals surface area contributed by atoms with Gasteiger partial charge in [-0.05, 0) is 22.6 Å². The smallest absolute Gasteiger partial charge is 0.229 e. The lowest BCUT2D eigenvalue weighted by Gasteiger charge is -2.10. The molecule has 1 saturated heterocycles. The van der Waals surface area contributed by atoms with Gasteiger partial charge in [0, 0.05) is 31.3 Å². The van der Waals surface area contributed by atoms with Crippen LogP contribution in [0.1, 0.15) is 6.42 Å². The van der Waals surface area contributed by atoms with Crippen LogP contribution in [0.2, 0.25) is 0 Å². The third kappa shape index (κ3) is 2.73. The van der Waals surface area contributed by atoms with Gasteiger partial charge in [0.05, 0.1) is 5.92 Å². The summed E-state index contributed by atoms with van der Waals surface area (Å²) < 4.78 is 1.56. The molecule has 3 rings (SSSR count). The van der Waals surface area contributed by atoms with E-state index in [4.69, 9.17) is 0 Å². The zero-order chi connectivity index (χ0) is 14.8. The molecule has 8 heteroatoms. The molecule has 2 aromatic rings. The van der Waals surface area contributed by atoms with E-state index in [9.17, 15) is 9.59 Å². The number of aryl methyl sites for hydroxylation is 1. The summed E-state index contributed by atoms with van der Waals surface area (Å²) in [6.45, 7) is 0.386. The van der Waals surface area contributed by atoms with Crippen molar-refractivity contribution in [3.05, 3.63) is 24.3 Å². The number of amides is 2. The van der Waals surface area contributed by atoms with E-state index in [1.807, 2.05) is 12.1 Å². The Labute approximate surface area is 120 Å². The lowest BCUT2D eigenvalue weighted by atomic mass is 10.1. The number of carbonyl (C=O) groups is 2. The van der Waals surface area contributed by atoms with Gasteiger partial charge in [0.2, 0.25) is 11.8 Å². The molecule has 1 aliphatic heterocycles. The van der Waals surface area contributed by atoms with Gasteiger partial charge in [-0.3, -0.25) is 9.59 Å². The molecule has 108 valence electrons. The second-order valence-corrected chi connectivity index (χ2v) is 4.90. The SMILES string of the molecule is Cn1nnnc1-c1cccc(NC(=O)C2CNC(=O)C2)c1. The summed E-state index contributed by atoms with van der Waals surface area (Å²) in [6.07, 6.45) is 0.235. The first-order valence-electron chi connectivity index (χ1n) is 6.54. The van der Waals surface area contributed by atoms with Crippen LogP contribution in [-0.4, -0.2) is 38.6 Å². The summed E-state index contributed by atoms with van der Waals surface area (Å²) in [5.41, 5.74) is 1.46. The predicted molar refractivity (Wildman–Crippen MR) is 74.0 cm³/mol. The van der Waals surface area contributed by atoms with Gasteiger partial charge in [0.1, 0.15) is 0 Å². The van der Waals surface area contributed by atoms with E-state index in [-0.39, 0.29) is 24.2 Å². The van der Waals surface area contributed by atoms with Crippen LogP contribution >= 0.6 is 0 Å². The van der Waals surface area contributed by atoms with E-state index in [1.54, 1.807) is 23.9 Å². The van der Waals surface area contributed by atoms with Gasteiger partial charge in [-0.15, -0.1) is 5.10 Å². The van der Waals surface area contributed by atoms with Crippen LogP contribution in [-0.2, 0) is 16.6 Å². The van der Waals surface area contributed by atoms with Crippen LogP contribution in [0.3, 0.4) is 0 Å². The van der Waals surface area contributed by atoms with Crippen molar-refractivity contribution in [3.63, 3.8) is 0 Å². The lowest BCUT2D eigenvalue weighted by molar-refractivity contribution is -0.123. The van der Waals surface area contributed by atoms with Crippen molar-refractivity contribution in [3.8, 4) is 11.4 Å². The van der Waals surface area contributed by atoms with Crippen LogP contribution in [0.15, 0.2) is 24.3 Å². The average molecular weight is 286 g/mol. The minimum absolute atomic E-state index is 0.0888. The van der Waals surface area contributed by atoms with Gasteiger partial charge in [0.15, 0.2) is 5.82 Å². The third-order valence-corrected chi connectivity index (χ3v) is 3.36. The summed E-state index contributed by atoms with van der Waals surface area (Å²) in [5.74, 6) is 0.0390. The summed E-state index contributed by atoms with van der Waals surface area (Å²) in [4.78, 5) is 23.2. The second kappa shape index (κ2) is 5.31. The van der Waals surface area contributed by atoms with Gasteiger partial charge < -0.3 is 10.6 Å². The number of carbonyl (C=O) groups excluding carboxylic acids is 2. The first-order valence-corrected chi connectivity index (χ1v) is 6.54. The van der Waals surface area contributed by atoms with E-state index in [1.165, 1.54) is 0 Å². The third-order valence-electron chi connectivity index (χ3n) is 3.36. The van der Waals surface area contributed by atoms with Crippen molar-refractivity contribution in [2.24, 2.45) is 13.0 Å². The van der Waals surface area contributed by atoms with Crippen LogP contribution in [0, 0.1) is 5.92 Å². The zero-order valence-electron chi connectivity index (χ0n) is 11.4. The molecule has 2 heterocycles. The number of hydrogen-bond donors (Lipinski definition) is 2. The quantitative estimate of drug-likeness (QED) is 0.823. The van der Waals surface area contributed by atoms with Crippen LogP contribution in [0.4, 0.5) is 5.69 Å². The number of nitrogens with zero attached hydrogens (tertiary/aromatic N) is 4. The van der Waals surface area contributed by atoms with E-state index >= 15 is 0 Å². The van der Waals surface area contributed by atoms with E-state index < -0.39 is 0 Å². The number of rotatable bonds is 3. The fraction of sp³-hybridized carbons (Fsp3) is 0.308. The molecule has 1 unspecified atom stereocenters. The maximum atomic E-state index is 12.1. The second-order valence-electron chi connectivity index (χ2n) is 4.90. The molecular weight excluding hydrogens is 272 g/mol. The van der Waals surface area contributed by atoms with Gasteiger partial charge in [-0.2, -0.15) is 0 Å². The Morgan fingerprint density at radius 2 is 2.33 bits per heavy atom. The molecule has 2 N–H and O–H groups in total. The molecule has 0 spiro atoms. The molecule has 1 aromatic carbocycles. The van der Waals surface area contributed by atoms with Crippen molar-refractivity contribution in [2.45, 2.75) is 6.42 Å². The monoisotopic (exact) mass is 286 g/mol. The fourth-order valence-corrected chi connectivity index (χ4v) is 2.24. The van der Waals surface area contributed by atoms with Crippen LogP contribution in [0.5, 0.6) is 0 Å². The maximum absolute atomic E-state index is 12.1. The largest absolute Gasteiger partial charge is 0.355 e. The molecule has 21 heavy (non-hydrogen) atoms. The Bertz CT molecular complexity index is 695. The standard InChI is InChI=1S/C13H14N6O2/c1-19-12(16-17-18-19)8-3-2-4-10(5-8)15-13(21)9-6-11(20)14-7-9/h2-5,9H,6-7H2,1H3,(H,14,20)(H,15,21). The van der Waals surface area contributed by atoms with Crippen molar-refractivity contribution in [1.29, 1.82) is 0 Å². The van der Waals surface area contributed by atoms with Crippen LogP contribution in [0.25, 0.3) is 11.4 Å². The molecule has 8 nitrogen and oxygen atoms in total. The summed E-state index contributed by atoms with van der Waals surface area (Å²) in [5, 5.41) is 16.8. The van der Waals surface area contributed by atoms with Crippen LogP contribution < -0.4 is 10.6 Å². The van der Waals surface area contributed by atoms with E-state index in [0.717, 1.165) is 5.56 Å². The average Bonchev–Trinajstić information content (AvgIpc) is 3.08. The number of tetrazole rings is 1. The minimum atomic E-state index is -0.322. The molecule has 0 saturated carbocycles. The fourth-order valence-electron chi connectivity index (χ4n) is 2.24. The van der Waals surface area contributed by atoms with Gasteiger partial charge in [-0.1, -0.05) is 12.1 Å². The van der Waals surface area contributed by atoms with E-state index in [0.29, 0.717) is 18.1 Å². The Balaban J connectivity index is 1.76. The van der Waals surface area contributed by atoms with Gasteiger partial charge in [0.25, 0.3) is 0 Å². The number of nitrogens with one attached hydrogen (secondary N) is 2. The van der Waals surface area contributed by atoms with Crippen molar-refractivity contribution in [2.75, 3.05) is 11.9 Å². The molecule has 1 fully saturated rings. The Morgan fingerprint density at radius 3 is 3.00 bits per heavy atom. The topological polar surface area (TPSA) is 102 Å². The number of benzene rings is 1. The van der Waals surface area contributed by atoms with Crippen molar-refractivity contribution >= 4 is 17.5 Å². The highest BCUT2D eigenvalue weighted by Gasteiger charge is 2.27. The molecule has 1 aliphatic rings. The molecule has 0 radical (unpaired) electrons. The Morgan fingerprint density at radius 1 is 1.48 bits per heavy atom. The van der Waals surface area contributed by atoms with Crippen molar-refractivity contribution in [1.82, 2.24) is 25.5 Å². The number of aromatic nitrogens is 4. The predicted octanol–water partition coefficient (Wildman–Crippen LogP) is -0.0483. The lowest BCUT2D eigenvalue weighted by Crippen LogP contribution is -2.24. The summed E-state index contributed by atoms with van der Waals surface area (Å²) in [6, 6.07) is 7.27. The Kier molecular flexibility index (Phi) is 3.35. The minimum Gasteiger partial charge on any atom is -0.355 e. The maximum Gasteiger partial charge on any atom is 0.229 e. The zero-order valence-corrected chi connectivity index (χ0v) is 11.4. The highest BCUT2D eigenvalue weighted by Crippen LogP contribution is 2.20. The van der Waals surface area contributed by atoms with Gasteiger partial charge in [-0.25, -0.2) is 4.68 Å². The van der Waals surface area contributed by atoms with E-state index in [2.05, 4.69) is 26.2 Å². The van der Waals surface area contributed by atoms with Crippen molar-refractivity contribution < 1.29 is 9.59 Å². The first kappa shape index (κ1) is 13.2. The molecule has 0 aliphatic carbocycles. The molecule has 1 aromatic heterocycles.